The maximum Gasteiger partial charge on any atom is 0.307 e. The van der Waals surface area contributed by atoms with E-state index >= 15 is 0 Å². The first-order valence-corrected chi connectivity index (χ1v) is 7.23. The van der Waals surface area contributed by atoms with Gasteiger partial charge in [-0.2, -0.15) is 0 Å². The summed E-state index contributed by atoms with van der Waals surface area (Å²) in [7, 11) is 0. The largest absolute Gasteiger partial charge is 0.481 e. The fraction of sp³-hybridized carbons (Fsp3) is 0.133. The first-order valence-electron chi connectivity index (χ1n) is 6.10. The zero-order valence-corrected chi connectivity index (χ0v) is 13.4. The van der Waals surface area contributed by atoms with Gasteiger partial charge in [-0.3, -0.25) is 4.79 Å². The molecule has 0 bridgehead atoms. The lowest BCUT2D eigenvalue weighted by Crippen LogP contribution is -2.04. The van der Waals surface area contributed by atoms with Crippen LogP contribution in [0.15, 0.2) is 30.3 Å². The Morgan fingerprint density at radius 2 is 1.90 bits per heavy atom. The van der Waals surface area contributed by atoms with E-state index in [4.69, 9.17) is 39.9 Å². The second-order valence-electron chi connectivity index (χ2n) is 4.55. The molecule has 0 fully saturated rings. The Labute approximate surface area is 137 Å². The molecule has 110 valence electrons. The third-order valence-electron chi connectivity index (χ3n) is 2.95. The number of nitrogens with one attached hydrogen (secondary N) is 1. The zero-order chi connectivity index (χ0) is 15.6. The van der Waals surface area contributed by atoms with Crippen LogP contribution < -0.4 is 5.32 Å². The van der Waals surface area contributed by atoms with Crippen molar-refractivity contribution in [2.75, 3.05) is 5.32 Å². The van der Waals surface area contributed by atoms with Crippen molar-refractivity contribution in [1.29, 1.82) is 0 Å². The topological polar surface area (TPSA) is 49.3 Å². The van der Waals surface area contributed by atoms with Crippen molar-refractivity contribution in [3.63, 3.8) is 0 Å². The molecule has 0 heterocycles. The fourth-order valence-corrected chi connectivity index (χ4v) is 2.56. The van der Waals surface area contributed by atoms with Gasteiger partial charge in [0.25, 0.3) is 0 Å². The van der Waals surface area contributed by atoms with Crippen molar-refractivity contribution < 1.29 is 9.90 Å². The monoisotopic (exact) mass is 343 g/mol. The molecule has 21 heavy (non-hydrogen) atoms. The maximum absolute atomic E-state index is 10.9. The second kappa shape index (κ2) is 6.56. The van der Waals surface area contributed by atoms with Gasteiger partial charge in [-0.1, -0.05) is 40.9 Å². The van der Waals surface area contributed by atoms with E-state index in [-0.39, 0.29) is 6.42 Å². The third kappa shape index (κ3) is 3.82. The van der Waals surface area contributed by atoms with Crippen molar-refractivity contribution in [2.24, 2.45) is 0 Å². The van der Waals surface area contributed by atoms with E-state index in [9.17, 15) is 4.79 Å². The Hall–Kier alpha value is -1.42. The molecule has 3 nitrogen and oxygen atoms in total. The van der Waals surface area contributed by atoms with Crippen molar-refractivity contribution in [3.05, 3.63) is 56.5 Å². The van der Waals surface area contributed by atoms with Crippen molar-refractivity contribution >= 4 is 52.1 Å². The highest BCUT2D eigenvalue weighted by Gasteiger charge is 2.13. The van der Waals surface area contributed by atoms with Crippen LogP contribution in [-0.2, 0) is 11.2 Å². The number of hydrogen-bond acceptors (Lipinski definition) is 2. The van der Waals surface area contributed by atoms with Crippen LogP contribution in [0, 0.1) is 6.92 Å². The lowest BCUT2D eigenvalue weighted by atomic mass is 10.1. The number of anilines is 2. The van der Waals surface area contributed by atoms with Gasteiger partial charge in [-0.25, -0.2) is 0 Å². The quantitative estimate of drug-likeness (QED) is 0.788. The Bertz CT molecular complexity index is 702. The summed E-state index contributed by atoms with van der Waals surface area (Å²) >= 11 is 18.3. The summed E-state index contributed by atoms with van der Waals surface area (Å²) < 4.78 is 0. The number of hydrogen-bond donors (Lipinski definition) is 2. The van der Waals surface area contributed by atoms with Gasteiger partial charge in [0.05, 0.1) is 22.2 Å². The molecule has 6 heteroatoms. The van der Waals surface area contributed by atoms with Crippen LogP contribution in [0.1, 0.15) is 11.1 Å². The Morgan fingerprint density at radius 1 is 1.19 bits per heavy atom. The number of carbonyl (C=O) groups is 1. The molecule has 0 aromatic heterocycles. The molecule has 0 spiro atoms. The number of benzene rings is 2. The lowest BCUT2D eigenvalue weighted by molar-refractivity contribution is -0.136. The van der Waals surface area contributed by atoms with Gasteiger partial charge in [0, 0.05) is 10.7 Å². The van der Waals surface area contributed by atoms with Crippen LogP contribution in [0.5, 0.6) is 0 Å². The van der Waals surface area contributed by atoms with Crippen molar-refractivity contribution in [2.45, 2.75) is 13.3 Å². The molecule has 0 aliphatic heterocycles. The minimum atomic E-state index is -0.943. The molecule has 0 unspecified atom stereocenters. The minimum absolute atomic E-state index is 0.149. The molecule has 2 rings (SSSR count). The standard InChI is InChI=1S/C15H12Cl3NO2/c1-8-2-4-11(17)15(14(8)18)19-12-5-3-10(16)6-9(12)7-13(20)21/h2-6,19H,7H2,1H3,(H,20,21). The number of aryl methyl sites for hydroxylation is 1. The van der Waals surface area contributed by atoms with Gasteiger partial charge < -0.3 is 10.4 Å². The van der Waals surface area contributed by atoms with Crippen LogP contribution in [0.3, 0.4) is 0 Å². The molecular weight excluding hydrogens is 333 g/mol. The summed E-state index contributed by atoms with van der Waals surface area (Å²) in [5.41, 5.74) is 2.59. The van der Waals surface area contributed by atoms with Gasteiger partial charge in [-0.05, 0) is 42.3 Å². The molecule has 0 saturated heterocycles. The molecular formula is C15H12Cl3NO2. The third-order valence-corrected chi connectivity index (χ3v) is 3.99. The van der Waals surface area contributed by atoms with E-state index in [1.165, 1.54) is 0 Å². The Kier molecular flexibility index (Phi) is 4.99. The smallest absolute Gasteiger partial charge is 0.307 e. The first kappa shape index (κ1) is 16.0. The van der Waals surface area contributed by atoms with Gasteiger partial charge >= 0.3 is 5.97 Å². The normalized spacial score (nSPS) is 10.5. The number of carboxylic acids is 1. The second-order valence-corrected chi connectivity index (χ2v) is 5.77. The molecule has 0 amide bonds. The highest BCUT2D eigenvalue weighted by Crippen LogP contribution is 2.36. The van der Waals surface area contributed by atoms with E-state index in [0.717, 1.165) is 5.56 Å². The average molecular weight is 345 g/mol. The highest BCUT2D eigenvalue weighted by atomic mass is 35.5. The predicted molar refractivity (Wildman–Crippen MR) is 87.3 cm³/mol. The predicted octanol–water partition coefficient (Wildman–Crippen LogP) is 5.33. The highest BCUT2D eigenvalue weighted by molar-refractivity contribution is 6.39. The summed E-state index contributed by atoms with van der Waals surface area (Å²) in [4.78, 5) is 10.9. The molecule has 0 saturated carbocycles. The summed E-state index contributed by atoms with van der Waals surface area (Å²) in [6, 6.07) is 8.53. The van der Waals surface area contributed by atoms with Gasteiger partial charge in [0.2, 0.25) is 0 Å². The van der Waals surface area contributed by atoms with Gasteiger partial charge in [-0.15, -0.1) is 0 Å². The minimum Gasteiger partial charge on any atom is -0.481 e. The number of halogens is 3. The Balaban J connectivity index is 2.44. The number of aliphatic carboxylic acids is 1. The molecule has 0 aliphatic carbocycles. The van der Waals surface area contributed by atoms with Crippen LogP contribution >= 0.6 is 34.8 Å². The first-order chi connectivity index (χ1) is 9.88. The molecule has 0 atom stereocenters. The lowest BCUT2D eigenvalue weighted by Gasteiger charge is -2.15. The van der Waals surface area contributed by atoms with Crippen LogP contribution in [-0.4, -0.2) is 11.1 Å². The fourth-order valence-electron chi connectivity index (χ4n) is 1.90. The van der Waals surface area contributed by atoms with E-state index in [0.29, 0.717) is 32.0 Å². The SMILES string of the molecule is Cc1ccc(Cl)c(Nc2ccc(Cl)cc2CC(=O)O)c1Cl. The van der Waals surface area contributed by atoms with E-state index < -0.39 is 5.97 Å². The molecule has 2 aromatic rings. The number of carboxylic acid groups (broad SMARTS) is 1. The van der Waals surface area contributed by atoms with Crippen LogP contribution in [0.4, 0.5) is 11.4 Å². The summed E-state index contributed by atoms with van der Waals surface area (Å²) in [5.74, 6) is -0.943. The van der Waals surface area contributed by atoms with E-state index in [2.05, 4.69) is 5.32 Å². The van der Waals surface area contributed by atoms with E-state index in [1.54, 1.807) is 24.3 Å². The summed E-state index contributed by atoms with van der Waals surface area (Å²) in [6.07, 6.45) is -0.149. The molecule has 2 aromatic carbocycles. The zero-order valence-electron chi connectivity index (χ0n) is 11.1. The summed E-state index contributed by atoms with van der Waals surface area (Å²) in [5, 5.41) is 13.5. The summed E-state index contributed by atoms with van der Waals surface area (Å²) in [6.45, 7) is 1.86. The Morgan fingerprint density at radius 3 is 2.57 bits per heavy atom. The molecule has 2 N–H and O–H groups in total. The van der Waals surface area contributed by atoms with Gasteiger partial charge in [0.1, 0.15) is 0 Å². The maximum atomic E-state index is 10.9. The molecule has 0 radical (unpaired) electrons. The number of rotatable bonds is 4. The van der Waals surface area contributed by atoms with E-state index in [1.807, 2.05) is 13.0 Å². The molecule has 0 aliphatic rings. The average Bonchev–Trinajstić information content (AvgIpc) is 2.41. The van der Waals surface area contributed by atoms with Crippen molar-refractivity contribution in [3.8, 4) is 0 Å². The van der Waals surface area contributed by atoms with Crippen LogP contribution in [0.25, 0.3) is 0 Å². The van der Waals surface area contributed by atoms with Crippen LogP contribution in [0.2, 0.25) is 15.1 Å². The van der Waals surface area contributed by atoms with Gasteiger partial charge in [0.15, 0.2) is 0 Å². The van der Waals surface area contributed by atoms with Crippen molar-refractivity contribution in [1.82, 2.24) is 0 Å².